The first-order chi connectivity index (χ1) is 12.0. The number of fused-ring (bicyclic) bond motifs is 1. The number of benzene rings is 1. The molecule has 1 N–H and O–H groups in total. The Morgan fingerprint density at radius 2 is 2.04 bits per heavy atom. The number of hydrogen-bond donors (Lipinski definition) is 1. The summed E-state index contributed by atoms with van der Waals surface area (Å²) in [5.74, 6) is 0.181. The van der Waals surface area contributed by atoms with E-state index >= 15 is 0 Å². The Balaban J connectivity index is 1.78. The summed E-state index contributed by atoms with van der Waals surface area (Å²) >= 11 is 8.86. The number of likely N-dealkylation sites (tertiary alicyclic amines) is 1. The fourth-order valence-corrected chi connectivity index (χ4v) is 3.97. The maximum Gasteiger partial charge on any atom is 0.410 e. The van der Waals surface area contributed by atoms with E-state index in [1.165, 1.54) is 0 Å². The largest absolute Gasteiger partial charge is 0.444 e. The van der Waals surface area contributed by atoms with E-state index in [4.69, 9.17) is 17.0 Å². The van der Waals surface area contributed by atoms with Crippen LogP contribution in [-0.4, -0.2) is 39.2 Å². The number of aryl methyl sites for hydroxylation is 1. The van der Waals surface area contributed by atoms with Crippen LogP contribution in [0, 0.1) is 17.6 Å². The molecular formula is C18H22BrN3O3S. The Morgan fingerprint density at radius 3 is 2.65 bits per heavy atom. The first kappa shape index (κ1) is 19.1. The second kappa shape index (κ2) is 6.81. The normalized spacial score (nSPS) is 15.2. The number of H-pyrrole nitrogens is 1. The lowest BCUT2D eigenvalue weighted by molar-refractivity contribution is -0.00353. The van der Waals surface area contributed by atoms with Crippen molar-refractivity contribution in [3.05, 3.63) is 37.3 Å². The standard InChI is InChI=1S/C18H22BrN3O3S/c1-10-5-12-14(13(19)6-10)20-16(26)22(15(12)23)9-11-7-21(8-11)17(24)25-18(2,3)4/h5-6,11H,7-9H2,1-4H3,(H,20,26). The van der Waals surface area contributed by atoms with Gasteiger partial charge in [-0.15, -0.1) is 0 Å². The minimum atomic E-state index is -0.508. The molecule has 0 aliphatic carbocycles. The summed E-state index contributed by atoms with van der Waals surface area (Å²) in [6.45, 7) is 9.08. The van der Waals surface area contributed by atoms with Crippen LogP contribution < -0.4 is 5.56 Å². The summed E-state index contributed by atoms with van der Waals surface area (Å²) in [6, 6.07) is 3.81. The van der Waals surface area contributed by atoms with Crippen LogP contribution in [0.2, 0.25) is 0 Å². The highest BCUT2D eigenvalue weighted by molar-refractivity contribution is 9.10. The van der Waals surface area contributed by atoms with E-state index in [0.717, 1.165) is 10.0 Å². The van der Waals surface area contributed by atoms with Crippen LogP contribution in [0.3, 0.4) is 0 Å². The van der Waals surface area contributed by atoms with Gasteiger partial charge >= 0.3 is 6.09 Å². The number of carbonyl (C=O) groups excluding carboxylic acids is 1. The van der Waals surface area contributed by atoms with Gasteiger partial charge in [0.2, 0.25) is 0 Å². The molecule has 1 saturated heterocycles. The van der Waals surface area contributed by atoms with Gasteiger partial charge < -0.3 is 14.6 Å². The molecule has 2 aromatic rings. The number of amides is 1. The van der Waals surface area contributed by atoms with Gasteiger partial charge in [-0.2, -0.15) is 0 Å². The average Bonchev–Trinajstić information content (AvgIpc) is 2.44. The summed E-state index contributed by atoms with van der Waals surface area (Å²) in [4.78, 5) is 29.7. The molecule has 0 radical (unpaired) electrons. The number of nitrogens with one attached hydrogen (secondary N) is 1. The third kappa shape index (κ3) is 3.86. The zero-order chi connectivity index (χ0) is 19.2. The fraction of sp³-hybridized carbons (Fsp3) is 0.500. The first-order valence-corrected chi connectivity index (χ1v) is 9.66. The number of aromatic amines is 1. The molecular weight excluding hydrogens is 418 g/mol. The van der Waals surface area contributed by atoms with Crippen LogP contribution in [0.5, 0.6) is 0 Å². The zero-order valence-corrected chi connectivity index (χ0v) is 17.7. The van der Waals surface area contributed by atoms with Gasteiger partial charge in [-0.05, 0) is 73.5 Å². The molecule has 8 heteroatoms. The molecule has 3 rings (SSSR count). The third-order valence-electron chi connectivity index (χ3n) is 4.24. The maximum atomic E-state index is 12.9. The average molecular weight is 440 g/mol. The zero-order valence-electron chi connectivity index (χ0n) is 15.3. The van der Waals surface area contributed by atoms with E-state index in [1.807, 2.05) is 39.8 Å². The Labute approximate surface area is 165 Å². The Morgan fingerprint density at radius 1 is 1.38 bits per heavy atom. The highest BCUT2D eigenvalue weighted by Crippen LogP contribution is 2.23. The van der Waals surface area contributed by atoms with Crippen molar-refractivity contribution in [1.82, 2.24) is 14.5 Å². The van der Waals surface area contributed by atoms with E-state index in [-0.39, 0.29) is 17.6 Å². The third-order valence-corrected chi connectivity index (χ3v) is 5.18. The van der Waals surface area contributed by atoms with E-state index in [0.29, 0.717) is 35.3 Å². The number of carbonyl (C=O) groups is 1. The summed E-state index contributed by atoms with van der Waals surface area (Å²) in [5, 5.41) is 0.605. The smallest absolute Gasteiger partial charge is 0.410 e. The molecule has 1 aromatic heterocycles. The predicted molar refractivity (Wildman–Crippen MR) is 107 cm³/mol. The highest BCUT2D eigenvalue weighted by atomic mass is 79.9. The van der Waals surface area contributed by atoms with Crippen LogP contribution in [0.25, 0.3) is 10.9 Å². The summed E-state index contributed by atoms with van der Waals surface area (Å²) in [7, 11) is 0. The van der Waals surface area contributed by atoms with Gasteiger partial charge in [0.1, 0.15) is 5.60 Å². The molecule has 1 fully saturated rings. The number of halogens is 1. The topological polar surface area (TPSA) is 67.3 Å². The molecule has 26 heavy (non-hydrogen) atoms. The monoisotopic (exact) mass is 439 g/mol. The van der Waals surface area contributed by atoms with Gasteiger partial charge in [0.15, 0.2) is 4.77 Å². The molecule has 140 valence electrons. The highest BCUT2D eigenvalue weighted by Gasteiger charge is 2.34. The van der Waals surface area contributed by atoms with E-state index < -0.39 is 5.60 Å². The number of rotatable bonds is 2. The minimum absolute atomic E-state index is 0.108. The quantitative estimate of drug-likeness (QED) is 0.717. The number of nitrogens with zero attached hydrogens (tertiary/aromatic N) is 2. The van der Waals surface area contributed by atoms with Crippen LogP contribution >= 0.6 is 28.1 Å². The minimum Gasteiger partial charge on any atom is -0.444 e. The predicted octanol–water partition coefficient (Wildman–Crippen LogP) is 4.00. The molecule has 1 amide bonds. The van der Waals surface area contributed by atoms with Gasteiger partial charge in [0.05, 0.1) is 10.9 Å². The van der Waals surface area contributed by atoms with Gasteiger partial charge in [0, 0.05) is 30.0 Å². The van der Waals surface area contributed by atoms with Gasteiger partial charge in [-0.1, -0.05) is 0 Å². The molecule has 0 spiro atoms. The molecule has 0 bridgehead atoms. The van der Waals surface area contributed by atoms with Crippen LogP contribution in [0.15, 0.2) is 21.4 Å². The number of aromatic nitrogens is 2. The lowest BCUT2D eigenvalue weighted by Gasteiger charge is -2.39. The van der Waals surface area contributed by atoms with Crippen molar-refractivity contribution in [3.8, 4) is 0 Å². The van der Waals surface area contributed by atoms with Crippen molar-refractivity contribution < 1.29 is 9.53 Å². The number of ether oxygens (including phenoxy) is 1. The Hall–Kier alpha value is -1.67. The molecule has 1 aliphatic rings. The second-order valence-electron chi connectivity index (χ2n) is 7.77. The Bertz CT molecular complexity index is 984. The number of hydrogen-bond acceptors (Lipinski definition) is 4. The van der Waals surface area contributed by atoms with Crippen molar-refractivity contribution in [2.45, 2.75) is 39.8 Å². The summed E-state index contributed by atoms with van der Waals surface area (Å²) in [6.07, 6.45) is -0.315. The summed E-state index contributed by atoms with van der Waals surface area (Å²) < 4.78 is 8.16. The molecule has 6 nitrogen and oxygen atoms in total. The Kier molecular flexibility index (Phi) is 5.00. The van der Waals surface area contributed by atoms with Crippen LogP contribution in [0.1, 0.15) is 26.3 Å². The first-order valence-electron chi connectivity index (χ1n) is 8.46. The van der Waals surface area contributed by atoms with Crippen molar-refractivity contribution >= 4 is 45.1 Å². The fourth-order valence-electron chi connectivity index (χ4n) is 3.03. The van der Waals surface area contributed by atoms with E-state index in [9.17, 15) is 9.59 Å². The van der Waals surface area contributed by atoms with Crippen molar-refractivity contribution in [2.75, 3.05) is 13.1 Å². The molecule has 0 unspecified atom stereocenters. The lowest BCUT2D eigenvalue weighted by Crippen LogP contribution is -2.53. The summed E-state index contributed by atoms with van der Waals surface area (Å²) in [5.41, 5.74) is 1.10. The van der Waals surface area contributed by atoms with Gasteiger partial charge in [-0.3, -0.25) is 9.36 Å². The molecule has 0 atom stereocenters. The molecule has 0 saturated carbocycles. The molecule has 2 heterocycles. The molecule has 1 aliphatic heterocycles. The SMILES string of the molecule is Cc1cc(Br)c2[nH]c(=S)n(CC3CN(C(=O)OC(C)(C)C)C3)c(=O)c2c1. The second-order valence-corrected chi connectivity index (χ2v) is 9.01. The van der Waals surface area contributed by atoms with Crippen molar-refractivity contribution in [2.24, 2.45) is 5.92 Å². The maximum absolute atomic E-state index is 12.9. The van der Waals surface area contributed by atoms with Crippen LogP contribution in [0.4, 0.5) is 4.79 Å². The van der Waals surface area contributed by atoms with Gasteiger partial charge in [0.25, 0.3) is 5.56 Å². The van der Waals surface area contributed by atoms with Crippen molar-refractivity contribution in [3.63, 3.8) is 0 Å². The molecule has 1 aromatic carbocycles. The van der Waals surface area contributed by atoms with E-state index in [1.54, 1.807) is 9.47 Å². The lowest BCUT2D eigenvalue weighted by atomic mass is 10.0. The van der Waals surface area contributed by atoms with E-state index in [2.05, 4.69) is 20.9 Å². The van der Waals surface area contributed by atoms with Gasteiger partial charge in [-0.25, -0.2) is 4.79 Å². The van der Waals surface area contributed by atoms with Crippen LogP contribution in [-0.2, 0) is 11.3 Å². The van der Waals surface area contributed by atoms with Crippen molar-refractivity contribution in [1.29, 1.82) is 0 Å².